The number of carbonyl (C=O) groups is 2. The van der Waals surface area contributed by atoms with E-state index in [0.717, 1.165) is 12.0 Å². The molecule has 0 heterocycles. The summed E-state index contributed by atoms with van der Waals surface area (Å²) in [4.78, 5) is 24.3. The molecule has 3 heteroatoms. The largest absolute Gasteiger partial charge is 0.346 e. The first-order valence-electron chi connectivity index (χ1n) is 7.32. The average molecular weight is 275 g/mol. The summed E-state index contributed by atoms with van der Waals surface area (Å²) in [6, 6.07) is 9.20. The van der Waals surface area contributed by atoms with Crippen LogP contribution in [0.15, 0.2) is 30.3 Å². The molecule has 1 rings (SSSR count). The first-order valence-corrected chi connectivity index (χ1v) is 7.32. The van der Waals surface area contributed by atoms with Crippen LogP contribution in [-0.2, 0) is 16.0 Å². The Kier molecular flexibility index (Phi) is 6.43. The molecule has 1 N–H and O–H groups in total. The lowest BCUT2D eigenvalue weighted by Gasteiger charge is -2.24. The van der Waals surface area contributed by atoms with Gasteiger partial charge >= 0.3 is 0 Å². The van der Waals surface area contributed by atoms with Gasteiger partial charge in [-0.15, -0.1) is 0 Å². The number of benzene rings is 1. The first kappa shape index (κ1) is 16.4. The minimum absolute atomic E-state index is 0.0639. The maximum atomic E-state index is 12.2. The van der Waals surface area contributed by atoms with Crippen molar-refractivity contribution in [3.8, 4) is 0 Å². The summed E-state index contributed by atoms with van der Waals surface area (Å²) in [5.74, 6) is 0.118. The Bertz CT molecular complexity index is 440. The lowest BCUT2D eigenvalue weighted by Crippen LogP contribution is -2.47. The van der Waals surface area contributed by atoms with E-state index in [4.69, 9.17) is 0 Å². The molecule has 0 aliphatic rings. The van der Waals surface area contributed by atoms with E-state index in [2.05, 4.69) is 5.32 Å². The number of nitrogens with one attached hydrogen (secondary N) is 1. The highest BCUT2D eigenvalue weighted by atomic mass is 16.2. The molecule has 1 aromatic carbocycles. The van der Waals surface area contributed by atoms with Crippen molar-refractivity contribution in [3.63, 3.8) is 0 Å². The molecule has 2 atom stereocenters. The molecule has 0 fully saturated rings. The van der Waals surface area contributed by atoms with Crippen molar-refractivity contribution in [2.75, 3.05) is 0 Å². The molecule has 0 saturated heterocycles. The molecule has 1 aromatic rings. The average Bonchev–Trinajstić information content (AvgIpc) is 2.44. The summed E-state index contributed by atoms with van der Waals surface area (Å²) in [7, 11) is 0. The quantitative estimate of drug-likeness (QED) is 0.831. The summed E-state index contributed by atoms with van der Waals surface area (Å²) in [5, 5.41) is 2.91. The number of ketones is 1. The van der Waals surface area contributed by atoms with Crippen LogP contribution < -0.4 is 5.32 Å². The Balaban J connectivity index is 2.70. The van der Waals surface area contributed by atoms with Gasteiger partial charge in [0.15, 0.2) is 5.78 Å². The molecule has 1 amide bonds. The van der Waals surface area contributed by atoms with Crippen LogP contribution in [0.3, 0.4) is 0 Å². The van der Waals surface area contributed by atoms with Crippen molar-refractivity contribution in [2.45, 2.75) is 46.6 Å². The van der Waals surface area contributed by atoms with Crippen LogP contribution in [0.25, 0.3) is 0 Å². The van der Waals surface area contributed by atoms with Gasteiger partial charge in [0, 0.05) is 5.92 Å². The van der Waals surface area contributed by atoms with Gasteiger partial charge in [0.2, 0.25) is 5.91 Å². The van der Waals surface area contributed by atoms with Gasteiger partial charge in [0.1, 0.15) is 0 Å². The second-order valence-electron chi connectivity index (χ2n) is 5.65. The molecule has 3 nitrogen and oxygen atoms in total. The van der Waals surface area contributed by atoms with Crippen LogP contribution in [0.5, 0.6) is 0 Å². The predicted molar refractivity (Wildman–Crippen MR) is 81.4 cm³/mol. The Morgan fingerprint density at radius 2 is 1.70 bits per heavy atom. The number of rotatable bonds is 7. The van der Waals surface area contributed by atoms with Gasteiger partial charge in [-0.2, -0.15) is 0 Å². The van der Waals surface area contributed by atoms with Gasteiger partial charge in [-0.05, 0) is 11.5 Å². The van der Waals surface area contributed by atoms with E-state index in [9.17, 15) is 9.59 Å². The molecule has 0 aliphatic carbocycles. The van der Waals surface area contributed by atoms with Crippen LogP contribution in [0, 0.1) is 11.8 Å². The van der Waals surface area contributed by atoms with Gasteiger partial charge in [0.25, 0.3) is 0 Å². The van der Waals surface area contributed by atoms with E-state index >= 15 is 0 Å². The maximum Gasteiger partial charge on any atom is 0.225 e. The fourth-order valence-electron chi connectivity index (χ4n) is 2.09. The molecule has 0 aromatic heterocycles. The first-order chi connectivity index (χ1) is 9.45. The third kappa shape index (κ3) is 4.80. The highest BCUT2D eigenvalue weighted by molar-refractivity contribution is 5.91. The normalized spacial score (nSPS) is 13.8. The number of hydrogen-bond donors (Lipinski definition) is 1. The minimum Gasteiger partial charge on any atom is -0.346 e. The summed E-state index contributed by atoms with van der Waals surface area (Å²) in [6.45, 7) is 7.80. The van der Waals surface area contributed by atoms with Gasteiger partial charge in [-0.1, -0.05) is 64.4 Å². The highest BCUT2D eigenvalue weighted by Gasteiger charge is 2.27. The van der Waals surface area contributed by atoms with E-state index in [-0.39, 0.29) is 29.6 Å². The fraction of sp³-hybridized carbons (Fsp3) is 0.529. The second-order valence-corrected chi connectivity index (χ2v) is 5.65. The summed E-state index contributed by atoms with van der Waals surface area (Å²) >= 11 is 0. The van der Waals surface area contributed by atoms with Crippen LogP contribution in [0.2, 0.25) is 0 Å². The van der Waals surface area contributed by atoms with Crippen molar-refractivity contribution in [2.24, 2.45) is 11.8 Å². The zero-order valence-corrected chi connectivity index (χ0v) is 12.8. The summed E-state index contributed by atoms with van der Waals surface area (Å²) in [6.07, 6.45) is 1.19. The van der Waals surface area contributed by atoms with Crippen LogP contribution >= 0.6 is 0 Å². The monoisotopic (exact) mass is 275 g/mol. The maximum absolute atomic E-state index is 12.2. The number of Topliss-reactive ketones (excluding diaryl/α,β-unsaturated/α-hetero) is 1. The van der Waals surface area contributed by atoms with Crippen molar-refractivity contribution in [1.29, 1.82) is 0 Å². The van der Waals surface area contributed by atoms with Gasteiger partial charge < -0.3 is 5.32 Å². The van der Waals surface area contributed by atoms with Crippen molar-refractivity contribution < 1.29 is 9.59 Å². The Morgan fingerprint density at radius 3 is 2.20 bits per heavy atom. The third-order valence-electron chi connectivity index (χ3n) is 3.61. The van der Waals surface area contributed by atoms with E-state index in [1.807, 2.05) is 58.0 Å². The van der Waals surface area contributed by atoms with E-state index in [1.54, 1.807) is 0 Å². The van der Waals surface area contributed by atoms with Gasteiger partial charge in [-0.3, -0.25) is 9.59 Å². The smallest absolute Gasteiger partial charge is 0.225 e. The molecular formula is C17H25NO2. The topological polar surface area (TPSA) is 46.2 Å². The van der Waals surface area contributed by atoms with Crippen molar-refractivity contribution >= 4 is 11.7 Å². The lowest BCUT2D eigenvalue weighted by molar-refractivity contribution is -0.130. The summed E-state index contributed by atoms with van der Waals surface area (Å²) < 4.78 is 0. The Hall–Kier alpha value is -1.64. The van der Waals surface area contributed by atoms with E-state index in [0.29, 0.717) is 6.42 Å². The standard InChI is InChI=1S/C17H25NO2/c1-5-13(4)16(17(20)12(2)3)18-15(19)11-14-9-7-6-8-10-14/h6-10,12-13,16H,5,11H2,1-4H3,(H,18,19)/t13-,16-/m0/s1. The molecular weight excluding hydrogens is 250 g/mol. The second kappa shape index (κ2) is 7.83. The van der Waals surface area contributed by atoms with Crippen molar-refractivity contribution in [1.82, 2.24) is 5.32 Å². The molecule has 0 radical (unpaired) electrons. The number of hydrogen-bond acceptors (Lipinski definition) is 2. The molecule has 0 spiro atoms. The van der Waals surface area contributed by atoms with Gasteiger partial charge in [-0.25, -0.2) is 0 Å². The Morgan fingerprint density at radius 1 is 1.10 bits per heavy atom. The Labute approximate surface area is 121 Å². The third-order valence-corrected chi connectivity index (χ3v) is 3.61. The van der Waals surface area contributed by atoms with Crippen molar-refractivity contribution in [3.05, 3.63) is 35.9 Å². The van der Waals surface area contributed by atoms with E-state index in [1.165, 1.54) is 0 Å². The fourth-order valence-corrected chi connectivity index (χ4v) is 2.09. The van der Waals surface area contributed by atoms with Gasteiger partial charge in [0.05, 0.1) is 12.5 Å². The predicted octanol–water partition coefficient (Wildman–Crippen LogP) is 2.99. The SMILES string of the molecule is CC[C@H](C)[C@H](NC(=O)Cc1ccccc1)C(=O)C(C)C. The molecule has 0 saturated carbocycles. The highest BCUT2D eigenvalue weighted by Crippen LogP contribution is 2.13. The lowest BCUT2D eigenvalue weighted by atomic mass is 9.90. The van der Waals surface area contributed by atoms with Crippen LogP contribution in [0.1, 0.15) is 39.7 Å². The molecule has 0 unspecified atom stereocenters. The molecule has 110 valence electrons. The zero-order valence-electron chi connectivity index (χ0n) is 12.8. The number of carbonyl (C=O) groups excluding carboxylic acids is 2. The molecule has 20 heavy (non-hydrogen) atoms. The van der Waals surface area contributed by atoms with Crippen LogP contribution in [-0.4, -0.2) is 17.7 Å². The zero-order chi connectivity index (χ0) is 15.1. The molecule has 0 bridgehead atoms. The van der Waals surface area contributed by atoms with Crippen LogP contribution in [0.4, 0.5) is 0 Å². The minimum atomic E-state index is -0.379. The van der Waals surface area contributed by atoms with E-state index < -0.39 is 0 Å². The summed E-state index contributed by atoms with van der Waals surface area (Å²) in [5.41, 5.74) is 0.963. The number of amides is 1. The molecule has 0 aliphatic heterocycles.